The van der Waals surface area contributed by atoms with E-state index in [1.807, 2.05) is 12.1 Å². The third-order valence-corrected chi connectivity index (χ3v) is 11.8. The molecule has 0 saturated heterocycles. The lowest BCUT2D eigenvalue weighted by Crippen LogP contribution is -2.16. The van der Waals surface area contributed by atoms with Crippen molar-refractivity contribution in [1.29, 1.82) is 0 Å². The van der Waals surface area contributed by atoms with Gasteiger partial charge in [0.05, 0.1) is 0 Å². The fraction of sp³-hybridized carbons (Fsp3) is 0.0566. The first kappa shape index (κ1) is 31.6. The second-order valence-electron chi connectivity index (χ2n) is 15.4. The fourth-order valence-corrected chi connectivity index (χ4v) is 9.00. The summed E-state index contributed by atoms with van der Waals surface area (Å²) in [5.41, 5.74) is 15.2. The average molecular weight is 704 g/mol. The fourth-order valence-electron chi connectivity index (χ4n) is 9.00. The summed E-state index contributed by atoms with van der Waals surface area (Å²) in [5, 5.41) is 7.19. The number of hydrogen-bond donors (Lipinski definition) is 0. The number of furan rings is 1. The lowest BCUT2D eigenvalue weighted by molar-refractivity contribution is 0.660. The summed E-state index contributed by atoms with van der Waals surface area (Å²) in [6.45, 7) is 4.70. The largest absolute Gasteiger partial charge is 0.456 e. The van der Waals surface area contributed by atoms with Gasteiger partial charge in [0, 0.05) is 33.2 Å². The number of fused-ring (bicyclic) bond motifs is 8. The molecule has 0 amide bonds. The standard InChI is InChI=1S/C53H37NO/c1-53(2)49-17-9-7-15-43(49)44-27-25-42(33-50(44)53)54(41-26-28-52-48(32-41)45-16-8-10-18-51(45)55-52)40-23-21-35(22-24-40)46-30-37-13-5-6-14-38(37)31-47(46)39-20-19-34-11-3-4-12-36(34)29-39/h3-33H,1-2H3. The van der Waals surface area contributed by atoms with Crippen LogP contribution in [0.3, 0.4) is 0 Å². The Hall–Kier alpha value is -6.90. The van der Waals surface area contributed by atoms with Crippen molar-refractivity contribution in [2.24, 2.45) is 0 Å². The Morgan fingerprint density at radius 2 is 0.927 bits per heavy atom. The maximum absolute atomic E-state index is 6.27. The highest BCUT2D eigenvalue weighted by Gasteiger charge is 2.35. The molecule has 0 spiro atoms. The molecular formula is C53H37NO. The molecule has 1 aromatic heterocycles. The molecule has 0 atom stereocenters. The maximum Gasteiger partial charge on any atom is 0.135 e. The van der Waals surface area contributed by atoms with Gasteiger partial charge in [-0.1, -0.05) is 135 Å². The monoisotopic (exact) mass is 703 g/mol. The van der Waals surface area contributed by atoms with Gasteiger partial charge in [-0.05, 0) is 133 Å². The number of anilines is 3. The van der Waals surface area contributed by atoms with Crippen molar-refractivity contribution in [2.75, 3.05) is 4.90 Å². The summed E-state index contributed by atoms with van der Waals surface area (Å²) < 4.78 is 6.27. The summed E-state index contributed by atoms with van der Waals surface area (Å²) >= 11 is 0. The van der Waals surface area contributed by atoms with Crippen molar-refractivity contribution in [1.82, 2.24) is 0 Å². The van der Waals surface area contributed by atoms with Crippen LogP contribution in [0.5, 0.6) is 0 Å². The molecule has 0 radical (unpaired) electrons. The van der Waals surface area contributed by atoms with Crippen LogP contribution in [0.4, 0.5) is 17.1 Å². The van der Waals surface area contributed by atoms with Gasteiger partial charge in [-0.15, -0.1) is 0 Å². The van der Waals surface area contributed by atoms with Crippen molar-refractivity contribution in [3.05, 3.63) is 199 Å². The molecule has 0 aliphatic heterocycles. The highest BCUT2D eigenvalue weighted by Crippen LogP contribution is 2.51. The van der Waals surface area contributed by atoms with Crippen LogP contribution >= 0.6 is 0 Å². The molecule has 0 N–H and O–H groups in total. The zero-order valence-corrected chi connectivity index (χ0v) is 30.8. The Morgan fingerprint density at radius 1 is 0.364 bits per heavy atom. The molecule has 0 unspecified atom stereocenters. The highest BCUT2D eigenvalue weighted by molar-refractivity contribution is 6.07. The van der Waals surface area contributed by atoms with Crippen LogP contribution in [0.2, 0.25) is 0 Å². The second-order valence-corrected chi connectivity index (χ2v) is 15.4. The van der Waals surface area contributed by atoms with Gasteiger partial charge in [0.1, 0.15) is 11.2 Å². The smallest absolute Gasteiger partial charge is 0.135 e. The van der Waals surface area contributed by atoms with E-state index in [0.717, 1.165) is 39.0 Å². The molecule has 9 aromatic carbocycles. The number of nitrogens with zero attached hydrogens (tertiary/aromatic N) is 1. The SMILES string of the molecule is CC1(C)c2ccccc2-c2ccc(N(c3ccc(-c4cc5ccccc5cc4-c4ccc5ccccc5c4)cc3)c3ccc4oc5ccccc5c4c3)cc21. The lowest BCUT2D eigenvalue weighted by atomic mass is 9.82. The first-order chi connectivity index (χ1) is 27.0. The summed E-state index contributed by atoms with van der Waals surface area (Å²) in [4.78, 5) is 2.40. The van der Waals surface area contributed by atoms with E-state index in [4.69, 9.17) is 4.42 Å². The summed E-state index contributed by atoms with van der Waals surface area (Å²) in [7, 11) is 0. The van der Waals surface area contributed by atoms with Gasteiger partial charge in [0.15, 0.2) is 0 Å². The molecule has 0 saturated carbocycles. The molecule has 1 aliphatic rings. The Balaban J connectivity index is 1.08. The molecule has 2 heteroatoms. The minimum Gasteiger partial charge on any atom is -0.456 e. The second kappa shape index (κ2) is 12.1. The number of rotatable bonds is 5. The zero-order chi connectivity index (χ0) is 36.7. The van der Waals surface area contributed by atoms with E-state index in [0.29, 0.717) is 0 Å². The van der Waals surface area contributed by atoms with E-state index < -0.39 is 0 Å². The summed E-state index contributed by atoms with van der Waals surface area (Å²) in [6, 6.07) is 68.7. The van der Waals surface area contributed by atoms with Crippen molar-refractivity contribution in [3.8, 4) is 33.4 Å². The highest BCUT2D eigenvalue weighted by atomic mass is 16.3. The Kier molecular flexibility index (Phi) is 6.93. The van der Waals surface area contributed by atoms with Gasteiger partial charge in [0.25, 0.3) is 0 Å². The summed E-state index contributed by atoms with van der Waals surface area (Å²) in [6.07, 6.45) is 0. The quantitative estimate of drug-likeness (QED) is 0.177. The van der Waals surface area contributed by atoms with Crippen LogP contribution in [0.15, 0.2) is 192 Å². The van der Waals surface area contributed by atoms with Gasteiger partial charge in [0.2, 0.25) is 0 Å². The van der Waals surface area contributed by atoms with Crippen molar-refractivity contribution in [2.45, 2.75) is 19.3 Å². The molecule has 0 fully saturated rings. The predicted octanol–water partition coefficient (Wildman–Crippen LogP) is 15.0. The number of hydrogen-bond acceptors (Lipinski definition) is 2. The van der Waals surface area contributed by atoms with E-state index in [1.165, 1.54) is 66.1 Å². The topological polar surface area (TPSA) is 16.4 Å². The predicted molar refractivity (Wildman–Crippen MR) is 232 cm³/mol. The minimum absolute atomic E-state index is 0.114. The van der Waals surface area contributed by atoms with Crippen LogP contribution in [0.1, 0.15) is 25.0 Å². The number of benzene rings is 9. The molecule has 55 heavy (non-hydrogen) atoms. The maximum atomic E-state index is 6.27. The Labute approximate surface area is 320 Å². The van der Waals surface area contributed by atoms with Crippen molar-refractivity contribution >= 4 is 60.5 Å². The molecule has 1 heterocycles. The number of para-hydroxylation sites is 1. The van der Waals surface area contributed by atoms with Crippen LogP contribution in [0.25, 0.3) is 76.9 Å². The molecule has 1 aliphatic carbocycles. The minimum atomic E-state index is -0.114. The molecule has 260 valence electrons. The van der Waals surface area contributed by atoms with Crippen LogP contribution in [-0.4, -0.2) is 0 Å². The van der Waals surface area contributed by atoms with E-state index in [9.17, 15) is 0 Å². The van der Waals surface area contributed by atoms with Crippen LogP contribution in [0, 0.1) is 0 Å². The van der Waals surface area contributed by atoms with E-state index >= 15 is 0 Å². The van der Waals surface area contributed by atoms with E-state index in [1.54, 1.807) is 0 Å². The van der Waals surface area contributed by atoms with Gasteiger partial charge < -0.3 is 9.32 Å². The van der Waals surface area contributed by atoms with Gasteiger partial charge in [-0.2, -0.15) is 0 Å². The van der Waals surface area contributed by atoms with Crippen LogP contribution < -0.4 is 4.90 Å². The Bertz CT molecular complexity index is 3130. The molecular weight excluding hydrogens is 667 g/mol. The first-order valence-electron chi connectivity index (χ1n) is 19.1. The molecule has 11 rings (SSSR count). The van der Waals surface area contributed by atoms with Crippen LogP contribution in [-0.2, 0) is 5.41 Å². The van der Waals surface area contributed by atoms with Gasteiger partial charge >= 0.3 is 0 Å². The molecule has 2 nitrogen and oxygen atoms in total. The van der Waals surface area contributed by atoms with Gasteiger partial charge in [-0.3, -0.25) is 0 Å². The first-order valence-corrected chi connectivity index (χ1v) is 19.1. The zero-order valence-electron chi connectivity index (χ0n) is 30.8. The lowest BCUT2D eigenvalue weighted by Gasteiger charge is -2.28. The van der Waals surface area contributed by atoms with E-state index in [2.05, 4.69) is 195 Å². The van der Waals surface area contributed by atoms with Crippen molar-refractivity contribution < 1.29 is 4.42 Å². The van der Waals surface area contributed by atoms with E-state index in [-0.39, 0.29) is 5.41 Å². The normalized spacial score (nSPS) is 13.1. The Morgan fingerprint density at radius 3 is 1.73 bits per heavy atom. The summed E-state index contributed by atoms with van der Waals surface area (Å²) in [5.74, 6) is 0. The average Bonchev–Trinajstić information content (AvgIpc) is 3.72. The van der Waals surface area contributed by atoms with Crippen molar-refractivity contribution in [3.63, 3.8) is 0 Å². The molecule has 10 aromatic rings. The molecule has 0 bridgehead atoms. The van der Waals surface area contributed by atoms with Gasteiger partial charge in [-0.25, -0.2) is 0 Å². The third-order valence-electron chi connectivity index (χ3n) is 11.8. The third kappa shape index (κ3) is 5.02.